The molecule has 0 saturated heterocycles. The van der Waals surface area contributed by atoms with Gasteiger partial charge < -0.3 is 5.32 Å². The van der Waals surface area contributed by atoms with Crippen molar-refractivity contribution in [2.75, 3.05) is 11.6 Å². The van der Waals surface area contributed by atoms with Gasteiger partial charge in [-0.05, 0) is 24.6 Å². The highest BCUT2D eigenvalue weighted by atomic mass is 32.2. The summed E-state index contributed by atoms with van der Waals surface area (Å²) >= 11 is 0. The van der Waals surface area contributed by atoms with Gasteiger partial charge >= 0.3 is 0 Å². The first kappa shape index (κ1) is 20.6. The number of carbonyl (C=O) groups excluding carboxylic acids is 1. The standard InChI is InChI=1S/C19H18F2N4O3S/c1-12(26)16-17(18(20)21)24-25(15-9-8-14(11-22-15)29(2,27)28)19(16)23-10-13-6-4-3-5-7-13/h3-9,11,18,23H,10H2,1-2H3. The van der Waals surface area contributed by atoms with Gasteiger partial charge in [-0.25, -0.2) is 22.2 Å². The van der Waals surface area contributed by atoms with Crippen molar-refractivity contribution in [3.8, 4) is 5.82 Å². The second-order valence-electron chi connectivity index (χ2n) is 6.34. The topological polar surface area (TPSA) is 94.0 Å². The summed E-state index contributed by atoms with van der Waals surface area (Å²) in [6.45, 7) is 1.44. The van der Waals surface area contributed by atoms with E-state index in [4.69, 9.17) is 0 Å². The number of nitrogens with one attached hydrogen (secondary N) is 1. The van der Waals surface area contributed by atoms with Crippen LogP contribution < -0.4 is 5.32 Å². The van der Waals surface area contributed by atoms with Crippen molar-refractivity contribution < 1.29 is 22.0 Å². The van der Waals surface area contributed by atoms with E-state index in [0.717, 1.165) is 22.7 Å². The number of ketones is 1. The molecule has 0 radical (unpaired) electrons. The monoisotopic (exact) mass is 420 g/mol. The molecule has 0 unspecified atom stereocenters. The van der Waals surface area contributed by atoms with Crippen molar-refractivity contribution in [1.82, 2.24) is 14.8 Å². The molecule has 3 aromatic rings. The molecule has 0 amide bonds. The average Bonchev–Trinajstić information content (AvgIpc) is 3.07. The molecule has 7 nitrogen and oxygen atoms in total. The van der Waals surface area contributed by atoms with Crippen LogP contribution >= 0.6 is 0 Å². The summed E-state index contributed by atoms with van der Waals surface area (Å²) in [6, 6.07) is 11.8. The highest BCUT2D eigenvalue weighted by Crippen LogP contribution is 2.31. The first-order valence-corrected chi connectivity index (χ1v) is 10.4. The van der Waals surface area contributed by atoms with E-state index in [-0.39, 0.29) is 28.6 Å². The van der Waals surface area contributed by atoms with Gasteiger partial charge in [-0.1, -0.05) is 30.3 Å². The molecule has 0 fully saturated rings. The Morgan fingerprint density at radius 3 is 2.38 bits per heavy atom. The molecule has 0 saturated carbocycles. The van der Waals surface area contributed by atoms with E-state index < -0.39 is 27.7 Å². The Morgan fingerprint density at radius 1 is 1.17 bits per heavy atom. The number of benzene rings is 1. The molecule has 3 rings (SSSR count). The summed E-state index contributed by atoms with van der Waals surface area (Å²) in [6.07, 6.45) is -0.821. The third-order valence-electron chi connectivity index (χ3n) is 4.14. The van der Waals surface area contributed by atoms with Crippen LogP contribution in [0.3, 0.4) is 0 Å². The summed E-state index contributed by atoms with van der Waals surface area (Å²) < 4.78 is 51.4. The minimum absolute atomic E-state index is 0.0203. The predicted molar refractivity (Wildman–Crippen MR) is 103 cm³/mol. The molecule has 0 spiro atoms. The van der Waals surface area contributed by atoms with Gasteiger partial charge in [0.2, 0.25) is 0 Å². The van der Waals surface area contributed by atoms with Crippen LogP contribution in [0.2, 0.25) is 0 Å². The Morgan fingerprint density at radius 2 is 1.86 bits per heavy atom. The number of anilines is 1. The van der Waals surface area contributed by atoms with Crippen molar-refractivity contribution in [3.63, 3.8) is 0 Å². The van der Waals surface area contributed by atoms with E-state index in [1.54, 1.807) is 0 Å². The fourth-order valence-electron chi connectivity index (χ4n) is 2.76. The van der Waals surface area contributed by atoms with Crippen LogP contribution in [0.25, 0.3) is 5.82 Å². The average molecular weight is 420 g/mol. The lowest BCUT2D eigenvalue weighted by molar-refractivity contribution is 0.0998. The van der Waals surface area contributed by atoms with E-state index in [1.165, 1.54) is 19.1 Å². The maximum absolute atomic E-state index is 13.5. The van der Waals surface area contributed by atoms with E-state index in [0.29, 0.717) is 0 Å². The van der Waals surface area contributed by atoms with Crippen molar-refractivity contribution >= 4 is 21.4 Å². The van der Waals surface area contributed by atoms with Gasteiger partial charge in [-0.15, -0.1) is 0 Å². The fourth-order valence-corrected chi connectivity index (χ4v) is 3.32. The van der Waals surface area contributed by atoms with Crippen molar-refractivity contribution in [2.24, 2.45) is 0 Å². The zero-order chi connectivity index (χ0) is 21.2. The van der Waals surface area contributed by atoms with Gasteiger partial charge in [0.25, 0.3) is 6.43 Å². The van der Waals surface area contributed by atoms with Crippen LogP contribution in [0, 0.1) is 0 Å². The summed E-state index contributed by atoms with van der Waals surface area (Å²) in [5.74, 6) is -0.409. The molecule has 29 heavy (non-hydrogen) atoms. The fraction of sp³-hybridized carbons (Fsp3) is 0.211. The van der Waals surface area contributed by atoms with E-state index in [9.17, 15) is 22.0 Å². The van der Waals surface area contributed by atoms with Crippen LogP contribution in [0.1, 0.15) is 35.0 Å². The maximum Gasteiger partial charge on any atom is 0.282 e. The molecule has 1 N–H and O–H groups in total. The molecular formula is C19H18F2N4O3S. The van der Waals surface area contributed by atoms with Gasteiger partial charge in [-0.2, -0.15) is 9.78 Å². The maximum atomic E-state index is 13.5. The third kappa shape index (κ3) is 4.48. The Labute approximate surface area is 166 Å². The lowest BCUT2D eigenvalue weighted by Gasteiger charge is -2.11. The molecule has 2 aromatic heterocycles. The van der Waals surface area contributed by atoms with Crippen LogP contribution in [-0.2, 0) is 16.4 Å². The molecule has 0 atom stereocenters. The van der Waals surface area contributed by atoms with Gasteiger partial charge in [-0.3, -0.25) is 4.79 Å². The molecule has 1 aromatic carbocycles. The number of alkyl halides is 2. The second-order valence-corrected chi connectivity index (χ2v) is 8.36. The van der Waals surface area contributed by atoms with Crippen LogP contribution in [0.4, 0.5) is 14.6 Å². The van der Waals surface area contributed by atoms with Gasteiger partial charge in [0.1, 0.15) is 11.5 Å². The Balaban J connectivity index is 2.09. The van der Waals surface area contributed by atoms with Gasteiger partial charge in [0.05, 0.1) is 10.5 Å². The summed E-state index contributed by atoms with van der Waals surface area (Å²) in [5.41, 5.74) is -0.0271. The second kappa shape index (κ2) is 8.08. The number of carbonyl (C=O) groups is 1. The zero-order valence-corrected chi connectivity index (χ0v) is 16.5. The number of sulfone groups is 1. The number of hydrogen-bond acceptors (Lipinski definition) is 6. The number of halogens is 2. The van der Waals surface area contributed by atoms with Crippen molar-refractivity contribution in [1.29, 1.82) is 0 Å². The molecule has 0 bridgehead atoms. The van der Waals surface area contributed by atoms with Crippen molar-refractivity contribution in [3.05, 3.63) is 65.5 Å². The largest absolute Gasteiger partial charge is 0.365 e. The molecule has 0 aliphatic heterocycles. The first-order valence-electron chi connectivity index (χ1n) is 8.54. The SMILES string of the molecule is CC(=O)c1c(C(F)F)nn(-c2ccc(S(C)(=O)=O)cn2)c1NCc1ccccc1. The van der Waals surface area contributed by atoms with Crippen LogP contribution in [0.15, 0.2) is 53.6 Å². The smallest absolute Gasteiger partial charge is 0.282 e. The van der Waals surface area contributed by atoms with E-state index in [2.05, 4.69) is 15.4 Å². The Bertz CT molecular complexity index is 1130. The summed E-state index contributed by atoms with van der Waals surface area (Å²) in [5, 5.41) is 6.86. The third-order valence-corrected chi connectivity index (χ3v) is 5.24. The molecular weight excluding hydrogens is 402 g/mol. The molecule has 10 heteroatoms. The van der Waals surface area contributed by atoms with Gasteiger partial charge in [0, 0.05) is 19.0 Å². The molecule has 152 valence electrons. The van der Waals surface area contributed by atoms with Crippen molar-refractivity contribution in [2.45, 2.75) is 24.8 Å². The normalized spacial score (nSPS) is 11.6. The molecule has 0 aliphatic carbocycles. The van der Waals surface area contributed by atoms with E-state index >= 15 is 0 Å². The summed E-state index contributed by atoms with van der Waals surface area (Å²) in [4.78, 5) is 16.1. The lowest BCUT2D eigenvalue weighted by Crippen LogP contribution is -2.10. The highest BCUT2D eigenvalue weighted by molar-refractivity contribution is 7.90. The van der Waals surface area contributed by atoms with Crippen LogP contribution in [0.5, 0.6) is 0 Å². The number of Topliss-reactive ketones (excluding diaryl/α,β-unsaturated/α-hetero) is 1. The van der Waals surface area contributed by atoms with E-state index in [1.807, 2.05) is 30.3 Å². The number of pyridine rings is 1. The van der Waals surface area contributed by atoms with Gasteiger partial charge in [0.15, 0.2) is 21.4 Å². The lowest BCUT2D eigenvalue weighted by atomic mass is 10.1. The number of hydrogen-bond donors (Lipinski definition) is 1. The van der Waals surface area contributed by atoms with Crippen LogP contribution in [-0.4, -0.2) is 35.2 Å². The molecule has 2 heterocycles. The predicted octanol–water partition coefficient (Wildman–Crippen LogP) is 3.42. The minimum atomic E-state index is -3.47. The quantitative estimate of drug-likeness (QED) is 0.589. The first-order chi connectivity index (χ1) is 13.7. The Kier molecular flexibility index (Phi) is 5.73. The highest BCUT2D eigenvalue weighted by Gasteiger charge is 2.28. The Hall–Kier alpha value is -3.14. The number of rotatable bonds is 7. The summed E-state index contributed by atoms with van der Waals surface area (Å²) in [7, 11) is -3.47. The number of aromatic nitrogens is 3. The minimum Gasteiger partial charge on any atom is -0.365 e. The zero-order valence-electron chi connectivity index (χ0n) is 15.6. The molecule has 0 aliphatic rings. The number of nitrogens with zero attached hydrogens (tertiary/aromatic N) is 3.